The summed E-state index contributed by atoms with van der Waals surface area (Å²) in [6.45, 7) is 5.31. The van der Waals surface area contributed by atoms with Crippen LogP contribution in [-0.2, 0) is 11.3 Å². The van der Waals surface area contributed by atoms with E-state index in [0.29, 0.717) is 11.1 Å². The Labute approximate surface area is 145 Å². The van der Waals surface area contributed by atoms with E-state index < -0.39 is 23.0 Å². The molecule has 25 heavy (non-hydrogen) atoms. The SMILES string of the molecule is CC(C)(C)OC(=O)NCc1cc2cc(Cl)c3oc(=O)[nH]c(=O)c3c2o1. The number of alkyl carbamates (subject to hydrolysis) is 1. The molecular formula is C16H15ClN2O6. The summed E-state index contributed by atoms with van der Waals surface area (Å²) in [6, 6.07) is 3.14. The lowest BCUT2D eigenvalue weighted by Crippen LogP contribution is -2.32. The van der Waals surface area contributed by atoms with E-state index in [1.807, 2.05) is 4.98 Å². The van der Waals surface area contributed by atoms with Crippen LogP contribution in [-0.4, -0.2) is 16.7 Å². The topological polar surface area (TPSA) is 115 Å². The van der Waals surface area contributed by atoms with E-state index in [1.54, 1.807) is 26.8 Å². The van der Waals surface area contributed by atoms with Gasteiger partial charge in [0, 0.05) is 5.39 Å². The quantitative estimate of drug-likeness (QED) is 0.720. The molecule has 0 radical (unpaired) electrons. The van der Waals surface area contributed by atoms with Gasteiger partial charge in [-0.1, -0.05) is 11.6 Å². The van der Waals surface area contributed by atoms with Gasteiger partial charge in [-0.3, -0.25) is 9.78 Å². The highest BCUT2D eigenvalue weighted by atomic mass is 35.5. The molecule has 3 aromatic rings. The van der Waals surface area contributed by atoms with Crippen LogP contribution in [0.25, 0.3) is 21.9 Å². The third-order valence-corrected chi connectivity index (χ3v) is 3.49. The molecule has 2 aromatic heterocycles. The van der Waals surface area contributed by atoms with Gasteiger partial charge < -0.3 is 18.9 Å². The minimum atomic E-state index is -0.905. The Morgan fingerprint density at radius 2 is 1.96 bits per heavy atom. The number of H-pyrrole nitrogens is 1. The van der Waals surface area contributed by atoms with Crippen molar-refractivity contribution in [3.63, 3.8) is 0 Å². The molecule has 0 spiro atoms. The molecule has 0 atom stereocenters. The smallest absolute Gasteiger partial charge is 0.419 e. The number of ether oxygens (including phenoxy) is 1. The third-order valence-electron chi connectivity index (χ3n) is 3.21. The number of halogens is 1. The first-order chi connectivity index (χ1) is 11.6. The number of nitrogens with one attached hydrogen (secondary N) is 2. The first kappa shape index (κ1) is 17.1. The molecule has 2 heterocycles. The largest absolute Gasteiger partial charge is 0.458 e. The molecule has 0 bridgehead atoms. The van der Waals surface area contributed by atoms with Crippen molar-refractivity contribution in [2.45, 2.75) is 32.9 Å². The van der Waals surface area contributed by atoms with Gasteiger partial charge in [-0.25, -0.2) is 9.59 Å². The van der Waals surface area contributed by atoms with E-state index in [4.69, 9.17) is 25.2 Å². The van der Waals surface area contributed by atoms with Crippen LogP contribution in [0.4, 0.5) is 4.79 Å². The molecule has 0 aliphatic heterocycles. The summed E-state index contributed by atoms with van der Waals surface area (Å²) in [5, 5.41) is 3.24. The zero-order chi connectivity index (χ0) is 18.4. The molecule has 0 saturated heterocycles. The maximum atomic E-state index is 12.1. The van der Waals surface area contributed by atoms with Crippen LogP contribution in [0.15, 0.2) is 30.6 Å². The Kier molecular flexibility index (Phi) is 4.08. The van der Waals surface area contributed by atoms with E-state index in [9.17, 15) is 14.4 Å². The van der Waals surface area contributed by atoms with Gasteiger partial charge in [0.1, 0.15) is 16.7 Å². The molecule has 2 N–H and O–H groups in total. The van der Waals surface area contributed by atoms with Gasteiger partial charge >= 0.3 is 11.8 Å². The second kappa shape index (κ2) is 5.96. The maximum absolute atomic E-state index is 12.1. The van der Waals surface area contributed by atoms with Crippen LogP contribution in [0.3, 0.4) is 0 Å². The fraction of sp³-hybridized carbons (Fsp3) is 0.312. The number of fused-ring (bicyclic) bond motifs is 3. The third kappa shape index (κ3) is 3.53. The predicted molar refractivity (Wildman–Crippen MR) is 91.0 cm³/mol. The molecule has 0 aliphatic rings. The number of aromatic amines is 1. The van der Waals surface area contributed by atoms with Crippen molar-refractivity contribution < 1.29 is 18.4 Å². The molecule has 9 heteroatoms. The lowest BCUT2D eigenvalue weighted by Gasteiger charge is -2.19. The van der Waals surface area contributed by atoms with Crippen LogP contribution in [0.5, 0.6) is 0 Å². The van der Waals surface area contributed by atoms with Crippen molar-refractivity contribution in [3.05, 3.63) is 43.8 Å². The Balaban J connectivity index is 1.98. The van der Waals surface area contributed by atoms with Gasteiger partial charge in [0.25, 0.3) is 5.56 Å². The summed E-state index contributed by atoms with van der Waals surface area (Å²) >= 11 is 6.07. The number of hydrogen-bond donors (Lipinski definition) is 2. The maximum Gasteiger partial charge on any atom is 0.419 e. The standard InChI is InChI=1S/C16H15ClN2O6/c1-16(2,3)25-14(21)18-6-8-4-7-5-9(17)12-10(11(7)23-8)13(20)19-15(22)24-12/h4-5H,6H2,1-3H3,(H,18,21)(H,19,20,22). The molecule has 1 aromatic carbocycles. The Morgan fingerprint density at radius 1 is 1.24 bits per heavy atom. The molecule has 1 amide bonds. The van der Waals surface area contributed by atoms with E-state index in [-0.39, 0.29) is 28.1 Å². The number of aromatic nitrogens is 1. The number of amides is 1. The number of rotatable bonds is 2. The summed E-state index contributed by atoms with van der Waals surface area (Å²) < 4.78 is 15.7. The molecule has 132 valence electrons. The van der Waals surface area contributed by atoms with Crippen molar-refractivity contribution in [2.75, 3.05) is 0 Å². The summed E-state index contributed by atoms with van der Waals surface area (Å²) in [4.78, 5) is 37.1. The second-order valence-electron chi connectivity index (χ2n) is 6.39. The van der Waals surface area contributed by atoms with E-state index in [2.05, 4.69) is 5.32 Å². The van der Waals surface area contributed by atoms with Crippen molar-refractivity contribution in [1.29, 1.82) is 0 Å². The molecular weight excluding hydrogens is 352 g/mol. The first-order valence-corrected chi connectivity index (χ1v) is 7.77. The van der Waals surface area contributed by atoms with Gasteiger partial charge in [0.05, 0.1) is 11.6 Å². The first-order valence-electron chi connectivity index (χ1n) is 7.39. The minimum Gasteiger partial charge on any atom is -0.458 e. The molecule has 0 aliphatic carbocycles. The van der Waals surface area contributed by atoms with Gasteiger partial charge in [0.2, 0.25) is 0 Å². The number of furan rings is 1. The lowest BCUT2D eigenvalue weighted by molar-refractivity contribution is 0.0520. The van der Waals surface area contributed by atoms with Crippen LogP contribution in [0.1, 0.15) is 26.5 Å². The fourth-order valence-corrected chi connectivity index (χ4v) is 2.58. The van der Waals surface area contributed by atoms with E-state index >= 15 is 0 Å². The average molecular weight is 367 g/mol. The van der Waals surface area contributed by atoms with Gasteiger partial charge in [0.15, 0.2) is 11.2 Å². The summed E-state index contributed by atoms with van der Waals surface area (Å²) in [6.07, 6.45) is -0.598. The van der Waals surface area contributed by atoms with E-state index in [1.165, 1.54) is 6.07 Å². The normalized spacial score (nSPS) is 11.8. The van der Waals surface area contributed by atoms with Crippen LogP contribution in [0, 0.1) is 0 Å². The van der Waals surface area contributed by atoms with E-state index in [0.717, 1.165) is 0 Å². The molecule has 0 unspecified atom stereocenters. The highest BCUT2D eigenvalue weighted by Gasteiger charge is 2.18. The second-order valence-corrected chi connectivity index (χ2v) is 6.80. The summed E-state index contributed by atoms with van der Waals surface area (Å²) in [5.74, 6) is -0.521. The average Bonchev–Trinajstić information content (AvgIpc) is 2.85. The minimum absolute atomic E-state index is 0.0330. The van der Waals surface area contributed by atoms with Crippen molar-refractivity contribution in [3.8, 4) is 0 Å². The van der Waals surface area contributed by atoms with Crippen LogP contribution in [0.2, 0.25) is 5.02 Å². The number of hydrogen-bond acceptors (Lipinski definition) is 6. The van der Waals surface area contributed by atoms with Gasteiger partial charge in [-0.15, -0.1) is 0 Å². The van der Waals surface area contributed by atoms with Crippen LogP contribution < -0.4 is 16.6 Å². The number of benzene rings is 1. The molecule has 8 nitrogen and oxygen atoms in total. The monoisotopic (exact) mass is 366 g/mol. The molecule has 3 rings (SSSR count). The summed E-state index contributed by atoms with van der Waals surface area (Å²) in [5.41, 5.74) is -1.12. The molecule has 0 saturated carbocycles. The highest BCUT2D eigenvalue weighted by Crippen LogP contribution is 2.31. The van der Waals surface area contributed by atoms with Crippen molar-refractivity contribution >= 4 is 39.6 Å². The van der Waals surface area contributed by atoms with Gasteiger partial charge in [-0.05, 0) is 32.9 Å². The Bertz CT molecular complexity index is 1090. The zero-order valence-corrected chi connectivity index (χ0v) is 14.4. The predicted octanol–water partition coefficient (Wildman–Crippen LogP) is 2.91. The highest BCUT2D eigenvalue weighted by molar-refractivity contribution is 6.36. The van der Waals surface area contributed by atoms with Gasteiger partial charge in [-0.2, -0.15) is 0 Å². The number of carbonyl (C=O) groups is 1. The van der Waals surface area contributed by atoms with Crippen molar-refractivity contribution in [1.82, 2.24) is 10.3 Å². The van der Waals surface area contributed by atoms with Crippen molar-refractivity contribution in [2.24, 2.45) is 0 Å². The summed E-state index contributed by atoms with van der Waals surface area (Å²) in [7, 11) is 0. The fourth-order valence-electron chi connectivity index (χ4n) is 2.33. The zero-order valence-electron chi connectivity index (χ0n) is 13.7. The Morgan fingerprint density at radius 3 is 2.64 bits per heavy atom. The molecule has 0 fully saturated rings. The van der Waals surface area contributed by atoms with Crippen LogP contribution >= 0.6 is 11.6 Å². The lowest BCUT2D eigenvalue weighted by atomic mass is 10.2. The number of carbonyl (C=O) groups excluding carboxylic acids is 1. The Hall–Kier alpha value is -2.74.